The second kappa shape index (κ2) is 7.03. The highest BCUT2D eigenvalue weighted by Gasteiger charge is 2.58. The van der Waals surface area contributed by atoms with Crippen LogP contribution in [0.2, 0.25) is 0 Å². The lowest BCUT2D eigenvalue weighted by molar-refractivity contribution is -0.139. The van der Waals surface area contributed by atoms with Crippen molar-refractivity contribution in [3.8, 4) is 16.9 Å². The standard InChI is InChI=1S/C23H24FN3O4/c1-27-20(29)23(26-21(27)25)12-22(7-2-8-30-13-22)31-19-6-4-15(10-17(19)23)16-9-14(11-28)3-5-18(16)24/h3-6,9-10,28H,2,7-8,11-13H2,1H3,(H2,25,26)/t22-,23+/m1/s1. The Morgan fingerprint density at radius 1 is 1.29 bits per heavy atom. The number of benzene rings is 2. The topological polar surface area (TPSA) is 97.4 Å². The predicted octanol–water partition coefficient (Wildman–Crippen LogP) is 2.30. The van der Waals surface area contributed by atoms with E-state index >= 15 is 0 Å². The van der Waals surface area contributed by atoms with E-state index in [2.05, 4.69) is 4.99 Å². The molecule has 2 spiro atoms. The maximum absolute atomic E-state index is 14.6. The maximum Gasteiger partial charge on any atom is 0.261 e. The van der Waals surface area contributed by atoms with Gasteiger partial charge in [-0.2, -0.15) is 0 Å². The monoisotopic (exact) mass is 425 g/mol. The van der Waals surface area contributed by atoms with E-state index in [0.717, 1.165) is 12.8 Å². The largest absolute Gasteiger partial charge is 0.484 e. The molecule has 3 N–H and O–H groups in total. The minimum absolute atomic E-state index is 0.142. The fraction of sp³-hybridized carbons (Fsp3) is 0.391. The molecular weight excluding hydrogens is 401 g/mol. The predicted molar refractivity (Wildman–Crippen MR) is 112 cm³/mol. The lowest BCUT2D eigenvalue weighted by atomic mass is 9.74. The van der Waals surface area contributed by atoms with E-state index in [1.54, 1.807) is 31.3 Å². The van der Waals surface area contributed by atoms with Crippen molar-refractivity contribution >= 4 is 11.9 Å². The molecule has 2 atom stereocenters. The minimum atomic E-state index is -1.24. The second-order valence-electron chi connectivity index (χ2n) is 8.50. The Bertz CT molecular complexity index is 1100. The van der Waals surface area contributed by atoms with E-state index in [1.807, 2.05) is 0 Å². The van der Waals surface area contributed by atoms with E-state index in [0.29, 0.717) is 47.6 Å². The Morgan fingerprint density at radius 3 is 2.81 bits per heavy atom. The first-order valence-electron chi connectivity index (χ1n) is 10.3. The van der Waals surface area contributed by atoms with Crippen LogP contribution in [0, 0.1) is 5.82 Å². The third-order valence-corrected chi connectivity index (χ3v) is 6.45. The third-order valence-electron chi connectivity index (χ3n) is 6.45. The van der Waals surface area contributed by atoms with Gasteiger partial charge in [0.15, 0.2) is 11.5 Å². The first-order chi connectivity index (χ1) is 14.9. The number of carbonyl (C=O) groups is 1. The number of fused-ring (bicyclic) bond motifs is 2. The first kappa shape index (κ1) is 20.0. The molecule has 1 fully saturated rings. The molecule has 1 saturated heterocycles. The van der Waals surface area contributed by atoms with Crippen molar-refractivity contribution in [1.82, 2.24) is 4.90 Å². The van der Waals surface area contributed by atoms with Crippen molar-refractivity contribution in [1.29, 1.82) is 0 Å². The van der Waals surface area contributed by atoms with Crippen molar-refractivity contribution in [2.24, 2.45) is 10.7 Å². The number of hydrogen-bond donors (Lipinski definition) is 2. The zero-order valence-corrected chi connectivity index (χ0v) is 17.2. The highest BCUT2D eigenvalue weighted by molar-refractivity contribution is 6.07. The Balaban J connectivity index is 1.69. The molecule has 3 aliphatic rings. The van der Waals surface area contributed by atoms with E-state index in [9.17, 15) is 14.3 Å². The van der Waals surface area contributed by atoms with Crippen LogP contribution in [0.3, 0.4) is 0 Å². The molecule has 8 heteroatoms. The van der Waals surface area contributed by atoms with Gasteiger partial charge in [0.25, 0.3) is 5.91 Å². The summed E-state index contributed by atoms with van der Waals surface area (Å²) >= 11 is 0. The number of hydrogen-bond acceptors (Lipinski definition) is 6. The Hall–Kier alpha value is -2.97. The quantitative estimate of drug-likeness (QED) is 0.770. The van der Waals surface area contributed by atoms with Crippen LogP contribution in [0.4, 0.5) is 4.39 Å². The van der Waals surface area contributed by atoms with Crippen LogP contribution in [0.5, 0.6) is 5.75 Å². The van der Waals surface area contributed by atoms with Crippen molar-refractivity contribution < 1.29 is 23.8 Å². The van der Waals surface area contributed by atoms with Crippen LogP contribution in [-0.2, 0) is 21.7 Å². The van der Waals surface area contributed by atoms with Crippen molar-refractivity contribution in [2.45, 2.75) is 37.0 Å². The summed E-state index contributed by atoms with van der Waals surface area (Å²) in [7, 11) is 1.60. The molecule has 0 aromatic heterocycles. The van der Waals surface area contributed by atoms with Crippen LogP contribution in [0.15, 0.2) is 41.4 Å². The molecule has 162 valence electrons. The molecule has 1 amide bonds. The molecule has 0 unspecified atom stereocenters. The van der Waals surface area contributed by atoms with Gasteiger partial charge in [0.2, 0.25) is 0 Å². The molecule has 2 aromatic carbocycles. The summed E-state index contributed by atoms with van der Waals surface area (Å²) in [5.41, 5.74) is 6.21. The lowest BCUT2D eigenvalue weighted by Crippen LogP contribution is -2.55. The van der Waals surface area contributed by atoms with Gasteiger partial charge in [0, 0.05) is 31.2 Å². The van der Waals surface area contributed by atoms with Gasteiger partial charge in [-0.15, -0.1) is 0 Å². The van der Waals surface area contributed by atoms with Gasteiger partial charge in [-0.25, -0.2) is 9.38 Å². The number of guanidine groups is 1. The number of aliphatic hydroxyl groups is 1. The number of nitrogens with zero attached hydrogens (tertiary/aromatic N) is 2. The number of nitrogens with two attached hydrogens (primary N) is 1. The van der Waals surface area contributed by atoms with Gasteiger partial charge >= 0.3 is 0 Å². The van der Waals surface area contributed by atoms with Gasteiger partial charge in [0.1, 0.15) is 17.2 Å². The molecule has 3 heterocycles. The molecule has 31 heavy (non-hydrogen) atoms. The number of amides is 1. The summed E-state index contributed by atoms with van der Waals surface area (Å²) in [5.74, 6) is 0.0159. The van der Waals surface area contributed by atoms with Crippen molar-refractivity contribution in [3.05, 3.63) is 53.3 Å². The van der Waals surface area contributed by atoms with Crippen LogP contribution in [0.1, 0.15) is 30.4 Å². The fourth-order valence-corrected chi connectivity index (χ4v) is 4.87. The van der Waals surface area contributed by atoms with E-state index in [-0.39, 0.29) is 18.5 Å². The summed E-state index contributed by atoms with van der Waals surface area (Å²) < 4.78 is 26.7. The first-order valence-corrected chi connectivity index (χ1v) is 10.3. The molecule has 0 saturated carbocycles. The SMILES string of the molecule is CN1C(=O)[C@@]2(C[C@@]3(CCCOC3)Oc3ccc(-c4cc(CO)ccc4F)cc32)N=C1N. The summed E-state index contributed by atoms with van der Waals surface area (Å²) in [6.07, 6.45) is 1.88. The minimum Gasteiger partial charge on any atom is -0.484 e. The molecule has 0 radical (unpaired) electrons. The zero-order chi connectivity index (χ0) is 21.8. The molecule has 0 aliphatic carbocycles. The van der Waals surface area contributed by atoms with Gasteiger partial charge in [-0.3, -0.25) is 9.69 Å². The van der Waals surface area contributed by atoms with E-state index in [1.165, 1.54) is 17.0 Å². The average Bonchev–Trinajstić information content (AvgIpc) is 2.98. The van der Waals surface area contributed by atoms with Crippen molar-refractivity contribution in [3.63, 3.8) is 0 Å². The molecule has 0 bridgehead atoms. The van der Waals surface area contributed by atoms with E-state index < -0.39 is 17.0 Å². The number of ether oxygens (including phenoxy) is 2. The van der Waals surface area contributed by atoms with Gasteiger partial charge in [-0.05, 0) is 48.2 Å². The summed E-state index contributed by atoms with van der Waals surface area (Å²) in [4.78, 5) is 19.4. The molecule has 5 rings (SSSR count). The number of halogens is 1. The second-order valence-corrected chi connectivity index (χ2v) is 8.50. The third kappa shape index (κ3) is 3.01. The van der Waals surface area contributed by atoms with Gasteiger partial charge in [-0.1, -0.05) is 12.1 Å². The van der Waals surface area contributed by atoms with Gasteiger partial charge in [0.05, 0.1) is 13.2 Å². The Morgan fingerprint density at radius 2 is 2.13 bits per heavy atom. The molecular formula is C23H24FN3O4. The normalized spacial score (nSPS) is 27.4. The molecule has 2 aromatic rings. The highest BCUT2D eigenvalue weighted by atomic mass is 19.1. The fourth-order valence-electron chi connectivity index (χ4n) is 4.87. The van der Waals surface area contributed by atoms with Crippen LogP contribution in [-0.4, -0.2) is 47.7 Å². The van der Waals surface area contributed by atoms with Gasteiger partial charge < -0.3 is 20.3 Å². The number of likely N-dealkylation sites (N-methyl/N-ethyl adjacent to an activating group) is 1. The van der Waals surface area contributed by atoms with Crippen LogP contribution in [0.25, 0.3) is 11.1 Å². The average molecular weight is 425 g/mol. The zero-order valence-electron chi connectivity index (χ0n) is 17.2. The van der Waals surface area contributed by atoms with E-state index in [4.69, 9.17) is 15.2 Å². The number of carbonyl (C=O) groups excluding carboxylic acids is 1. The number of rotatable bonds is 2. The highest BCUT2D eigenvalue weighted by Crippen LogP contribution is 2.51. The molecule has 3 aliphatic heterocycles. The van der Waals surface area contributed by atoms with Crippen LogP contribution >= 0.6 is 0 Å². The molecule has 7 nitrogen and oxygen atoms in total. The lowest BCUT2D eigenvalue weighted by Gasteiger charge is -2.46. The number of aliphatic hydroxyl groups excluding tert-OH is 1. The summed E-state index contributed by atoms with van der Waals surface area (Å²) in [6.45, 7) is 0.830. The Kier molecular flexibility index (Phi) is 4.53. The van der Waals surface area contributed by atoms with Crippen molar-refractivity contribution in [2.75, 3.05) is 20.3 Å². The Labute approximate surface area is 179 Å². The summed E-state index contributed by atoms with van der Waals surface area (Å²) in [6, 6.07) is 9.72. The van der Waals surface area contributed by atoms with Crippen LogP contribution < -0.4 is 10.5 Å². The smallest absolute Gasteiger partial charge is 0.261 e. The maximum atomic E-state index is 14.6. The number of aliphatic imine (C=N–C) groups is 1. The summed E-state index contributed by atoms with van der Waals surface area (Å²) in [5, 5.41) is 9.46.